The molecule has 0 radical (unpaired) electrons. The van der Waals surface area contributed by atoms with Crippen LogP contribution in [0.1, 0.15) is 19.3 Å². The van der Waals surface area contributed by atoms with Gasteiger partial charge in [-0.2, -0.15) is 10.1 Å². The first-order valence-electron chi connectivity index (χ1n) is 13.1. The van der Waals surface area contributed by atoms with Gasteiger partial charge < -0.3 is 33.9 Å². The first-order chi connectivity index (χ1) is 18.6. The third-order valence-electron chi connectivity index (χ3n) is 7.24. The summed E-state index contributed by atoms with van der Waals surface area (Å²) in [6.07, 6.45) is 5.97. The zero-order valence-electron chi connectivity index (χ0n) is 21.7. The van der Waals surface area contributed by atoms with E-state index < -0.39 is 6.10 Å². The fourth-order valence-corrected chi connectivity index (χ4v) is 4.95. The lowest BCUT2D eigenvalue weighted by Gasteiger charge is -2.25. The summed E-state index contributed by atoms with van der Waals surface area (Å²) in [6.45, 7) is 2.75. The lowest BCUT2D eigenvalue weighted by Crippen LogP contribution is -2.41. The Kier molecular flexibility index (Phi) is 6.94. The number of hydrogen-bond donors (Lipinski definition) is 1. The average Bonchev–Trinajstić information content (AvgIpc) is 3.60. The van der Waals surface area contributed by atoms with Crippen molar-refractivity contribution in [2.24, 2.45) is 5.92 Å². The van der Waals surface area contributed by atoms with Gasteiger partial charge in [0.2, 0.25) is 0 Å². The summed E-state index contributed by atoms with van der Waals surface area (Å²) in [5.74, 6) is 2.18. The van der Waals surface area contributed by atoms with Crippen LogP contribution in [0.2, 0.25) is 0 Å². The SMILES string of the molecule is COCCOC1C[C@H]2COc3nc4c(cnn4cc3OCC3CC3)-c3cc(cc(OC)c3)NCCN2C1=O. The van der Waals surface area contributed by atoms with Gasteiger partial charge in [-0.25, -0.2) is 4.52 Å². The molecule has 1 aromatic carbocycles. The highest BCUT2D eigenvalue weighted by Gasteiger charge is 2.40. The van der Waals surface area contributed by atoms with Crippen LogP contribution in [-0.2, 0) is 14.3 Å². The Hall–Kier alpha value is -3.57. The van der Waals surface area contributed by atoms with Gasteiger partial charge in [-0.15, -0.1) is 0 Å². The van der Waals surface area contributed by atoms with Crippen LogP contribution in [0.4, 0.5) is 5.69 Å². The lowest BCUT2D eigenvalue weighted by atomic mass is 10.1. The maximum Gasteiger partial charge on any atom is 0.260 e. The molecule has 3 aromatic rings. The van der Waals surface area contributed by atoms with Gasteiger partial charge in [0, 0.05) is 43.9 Å². The van der Waals surface area contributed by atoms with E-state index in [1.165, 1.54) is 12.8 Å². The number of carbonyl (C=O) groups is 1. The molecule has 1 saturated heterocycles. The molecule has 4 heterocycles. The molecule has 2 aliphatic heterocycles. The molecule has 6 rings (SSSR count). The smallest absolute Gasteiger partial charge is 0.260 e. The van der Waals surface area contributed by atoms with Crippen molar-refractivity contribution < 1.29 is 28.5 Å². The highest BCUT2D eigenvalue weighted by Crippen LogP contribution is 2.36. The van der Waals surface area contributed by atoms with Gasteiger partial charge in [0.25, 0.3) is 11.8 Å². The van der Waals surface area contributed by atoms with Crippen molar-refractivity contribution in [3.8, 4) is 28.5 Å². The zero-order valence-corrected chi connectivity index (χ0v) is 21.7. The summed E-state index contributed by atoms with van der Waals surface area (Å²) in [4.78, 5) is 20.0. The van der Waals surface area contributed by atoms with E-state index in [9.17, 15) is 4.79 Å². The average molecular weight is 524 g/mol. The Morgan fingerprint density at radius 1 is 1.18 bits per heavy atom. The molecule has 1 aliphatic carbocycles. The number of anilines is 1. The topological polar surface area (TPSA) is 109 Å². The van der Waals surface area contributed by atoms with Crippen LogP contribution in [0.3, 0.4) is 0 Å². The second-order valence-corrected chi connectivity index (χ2v) is 9.95. The van der Waals surface area contributed by atoms with Crippen LogP contribution < -0.4 is 19.5 Å². The van der Waals surface area contributed by atoms with E-state index in [4.69, 9.17) is 28.7 Å². The van der Waals surface area contributed by atoms with Crippen LogP contribution in [0.15, 0.2) is 30.6 Å². The number of fused-ring (bicyclic) bond motifs is 5. The molecule has 2 atom stereocenters. The Morgan fingerprint density at radius 2 is 2.08 bits per heavy atom. The molecule has 1 amide bonds. The molecular weight excluding hydrogens is 490 g/mol. The van der Waals surface area contributed by atoms with Crippen LogP contribution in [0.5, 0.6) is 17.4 Å². The number of ether oxygens (including phenoxy) is 5. The monoisotopic (exact) mass is 523 g/mol. The van der Waals surface area contributed by atoms with Gasteiger partial charge in [0.1, 0.15) is 18.5 Å². The predicted octanol–water partition coefficient (Wildman–Crippen LogP) is 2.63. The van der Waals surface area contributed by atoms with Crippen LogP contribution in [0.25, 0.3) is 16.8 Å². The van der Waals surface area contributed by atoms with E-state index in [2.05, 4.69) is 10.4 Å². The van der Waals surface area contributed by atoms with Crippen molar-refractivity contribution in [1.29, 1.82) is 0 Å². The number of rotatable bonds is 8. The number of benzene rings is 1. The van der Waals surface area contributed by atoms with E-state index in [1.54, 1.807) is 24.9 Å². The van der Waals surface area contributed by atoms with Gasteiger partial charge in [0.15, 0.2) is 11.4 Å². The maximum absolute atomic E-state index is 13.3. The number of aromatic nitrogens is 3. The first-order valence-corrected chi connectivity index (χ1v) is 13.1. The fraction of sp³-hybridized carbons (Fsp3) is 0.519. The Balaban J connectivity index is 1.37. The number of nitrogens with zero attached hydrogens (tertiary/aromatic N) is 4. The number of hydrogen-bond acceptors (Lipinski definition) is 9. The standard InChI is InChI=1S/C27H33N5O6/c1-34-7-8-36-23-12-20-16-38-26-24(37-15-17-3-4-17)14-32-25(30-26)22(13-29-32)18-9-19(11-21(10-18)35-2)28-5-6-31(20)27(23)33/h9-11,13-14,17,20,23,28H,3-8,12,15-16H2,1-2H3/t20-,23?/m0/s1. The summed E-state index contributed by atoms with van der Waals surface area (Å²) in [5.41, 5.74) is 3.29. The minimum atomic E-state index is -0.527. The molecule has 11 heteroatoms. The van der Waals surface area contributed by atoms with Crippen LogP contribution in [-0.4, -0.2) is 91.3 Å². The van der Waals surface area contributed by atoms with Crippen molar-refractivity contribution in [3.63, 3.8) is 0 Å². The lowest BCUT2D eigenvalue weighted by molar-refractivity contribution is -0.138. The van der Waals surface area contributed by atoms with Crippen LogP contribution >= 0.6 is 0 Å². The van der Waals surface area contributed by atoms with E-state index in [0.29, 0.717) is 68.3 Å². The van der Waals surface area contributed by atoms with Crippen molar-refractivity contribution >= 4 is 17.2 Å². The Bertz CT molecular complexity index is 1310. The van der Waals surface area contributed by atoms with Crippen LogP contribution in [0, 0.1) is 5.92 Å². The summed E-state index contributed by atoms with van der Waals surface area (Å²) in [6, 6.07) is 5.76. The summed E-state index contributed by atoms with van der Waals surface area (Å²) < 4.78 is 30.7. The minimum Gasteiger partial charge on any atom is -0.497 e. The maximum atomic E-state index is 13.3. The zero-order chi connectivity index (χ0) is 26.1. The molecule has 1 N–H and O–H groups in total. The molecule has 3 aliphatic rings. The van der Waals surface area contributed by atoms with Gasteiger partial charge in [-0.1, -0.05) is 0 Å². The van der Waals surface area contributed by atoms with Crippen molar-refractivity contribution in [2.45, 2.75) is 31.4 Å². The van der Waals surface area contributed by atoms with E-state index in [1.807, 2.05) is 29.3 Å². The fourth-order valence-electron chi connectivity index (χ4n) is 4.95. The van der Waals surface area contributed by atoms with Gasteiger partial charge >= 0.3 is 0 Å². The van der Waals surface area contributed by atoms with Crippen molar-refractivity contribution in [3.05, 3.63) is 30.6 Å². The third kappa shape index (κ3) is 5.08. The number of nitrogens with one attached hydrogen (secondary N) is 1. The molecule has 11 nitrogen and oxygen atoms in total. The molecule has 38 heavy (non-hydrogen) atoms. The highest BCUT2D eigenvalue weighted by molar-refractivity contribution is 5.84. The molecular formula is C27H33N5O6. The van der Waals surface area contributed by atoms with E-state index >= 15 is 0 Å². The summed E-state index contributed by atoms with van der Waals surface area (Å²) in [7, 11) is 3.26. The highest BCUT2D eigenvalue weighted by atomic mass is 16.5. The van der Waals surface area contributed by atoms with Crippen molar-refractivity contribution in [2.75, 3.05) is 59.1 Å². The first kappa shape index (κ1) is 24.7. The Labute approximate surface area is 221 Å². The second kappa shape index (κ2) is 10.7. The van der Waals surface area contributed by atoms with Gasteiger partial charge in [0.05, 0.1) is 45.4 Å². The van der Waals surface area contributed by atoms with Crippen molar-refractivity contribution in [1.82, 2.24) is 19.5 Å². The second-order valence-electron chi connectivity index (χ2n) is 9.95. The van der Waals surface area contributed by atoms with E-state index in [-0.39, 0.29) is 18.6 Å². The summed E-state index contributed by atoms with van der Waals surface area (Å²) >= 11 is 0. The third-order valence-corrected chi connectivity index (χ3v) is 7.24. The molecule has 1 saturated carbocycles. The predicted molar refractivity (Wildman–Crippen MR) is 139 cm³/mol. The van der Waals surface area contributed by atoms with E-state index in [0.717, 1.165) is 16.8 Å². The quantitative estimate of drug-likeness (QED) is 0.446. The number of amides is 1. The minimum absolute atomic E-state index is 0.0402. The number of carbonyl (C=O) groups excluding carboxylic acids is 1. The molecule has 1 unspecified atom stereocenters. The molecule has 2 fully saturated rings. The summed E-state index contributed by atoms with van der Waals surface area (Å²) in [5, 5.41) is 7.99. The molecule has 202 valence electrons. The Morgan fingerprint density at radius 3 is 2.89 bits per heavy atom. The van der Waals surface area contributed by atoms with Gasteiger partial charge in [-0.3, -0.25) is 4.79 Å². The molecule has 4 bridgehead atoms. The molecule has 0 spiro atoms. The normalized spacial score (nSPS) is 21.1. The largest absolute Gasteiger partial charge is 0.497 e. The number of methoxy groups -OCH3 is 2. The molecule has 2 aromatic heterocycles. The van der Waals surface area contributed by atoms with Gasteiger partial charge in [-0.05, 0) is 36.5 Å².